The number of nitrogens with one attached hydrogen (secondary N) is 2. The number of likely N-dealkylation sites (N-methyl/N-ethyl adjacent to an activating group) is 1. The Morgan fingerprint density at radius 3 is 2.53 bits per heavy atom. The summed E-state index contributed by atoms with van der Waals surface area (Å²) in [6.07, 6.45) is 2.09. The molecule has 0 radical (unpaired) electrons. The Morgan fingerprint density at radius 2 is 2.12 bits per heavy atom. The first kappa shape index (κ1) is 16.0. The van der Waals surface area contributed by atoms with Gasteiger partial charge >= 0.3 is 0 Å². The second-order valence-corrected chi connectivity index (χ2v) is 4.04. The Kier molecular flexibility index (Phi) is 8.57. The summed E-state index contributed by atoms with van der Waals surface area (Å²) in [6.45, 7) is 2.09. The fourth-order valence-corrected chi connectivity index (χ4v) is 1.55. The van der Waals surface area contributed by atoms with Gasteiger partial charge in [-0.2, -0.15) is 0 Å². The van der Waals surface area contributed by atoms with Gasteiger partial charge in [0.15, 0.2) is 0 Å². The van der Waals surface area contributed by atoms with Crippen LogP contribution in [0.4, 0.5) is 0 Å². The van der Waals surface area contributed by atoms with Crippen LogP contribution in [0.2, 0.25) is 0 Å². The molecule has 0 aliphatic carbocycles. The maximum atomic E-state index is 11.7. The van der Waals surface area contributed by atoms with Crippen molar-refractivity contribution in [2.24, 2.45) is 5.73 Å². The number of unbranched alkanes of at least 4 members (excludes halogenated alkanes) is 1. The van der Waals surface area contributed by atoms with E-state index in [1.165, 1.54) is 6.92 Å². The summed E-state index contributed by atoms with van der Waals surface area (Å²) in [5.74, 6) is -0.368. The first-order chi connectivity index (χ1) is 8.06. The van der Waals surface area contributed by atoms with Crippen LogP contribution in [0.5, 0.6) is 0 Å². The number of hydrogen-bond donors (Lipinski definition) is 4. The van der Waals surface area contributed by atoms with E-state index in [1.807, 2.05) is 0 Å². The van der Waals surface area contributed by atoms with Gasteiger partial charge in [-0.05, 0) is 39.8 Å². The Labute approximate surface area is 102 Å². The van der Waals surface area contributed by atoms with Gasteiger partial charge in [0.2, 0.25) is 5.91 Å². The summed E-state index contributed by atoms with van der Waals surface area (Å²) in [7, 11) is 1.58. The molecule has 0 aliphatic heterocycles. The van der Waals surface area contributed by atoms with Crippen LogP contribution >= 0.6 is 0 Å². The van der Waals surface area contributed by atoms with Crippen LogP contribution in [0, 0.1) is 0 Å². The van der Waals surface area contributed by atoms with Crippen molar-refractivity contribution >= 4 is 12.2 Å². The number of amides is 1. The molecule has 0 spiro atoms. The first-order valence-corrected chi connectivity index (χ1v) is 5.87. The lowest BCUT2D eigenvalue weighted by Gasteiger charge is -2.21. The van der Waals surface area contributed by atoms with E-state index in [2.05, 4.69) is 10.6 Å². The Morgan fingerprint density at radius 1 is 1.47 bits per heavy atom. The average Bonchev–Trinajstić information content (AvgIpc) is 2.28. The van der Waals surface area contributed by atoms with E-state index in [0.717, 1.165) is 12.8 Å². The van der Waals surface area contributed by atoms with Gasteiger partial charge in [-0.3, -0.25) is 4.79 Å². The normalized spacial score (nSPS) is 16.0. The standard InChI is InChI=1S/C11H23N3O3/c1-8(16)10(13-2)11(17)14-9(7-15)5-3-4-6-12/h7-10,13,16H,3-6,12H2,1-2H3,(H,14,17)/t8-,9+,10+/m1/s1. The third-order valence-corrected chi connectivity index (χ3v) is 2.54. The zero-order valence-electron chi connectivity index (χ0n) is 10.5. The molecule has 0 fully saturated rings. The van der Waals surface area contributed by atoms with Crippen molar-refractivity contribution in [3.63, 3.8) is 0 Å². The van der Waals surface area contributed by atoms with Crippen molar-refractivity contribution in [2.75, 3.05) is 13.6 Å². The average molecular weight is 245 g/mol. The van der Waals surface area contributed by atoms with E-state index in [-0.39, 0.29) is 5.91 Å². The Hall–Kier alpha value is -0.980. The van der Waals surface area contributed by atoms with Gasteiger partial charge in [-0.25, -0.2) is 0 Å². The highest BCUT2D eigenvalue weighted by molar-refractivity contribution is 5.84. The summed E-state index contributed by atoms with van der Waals surface area (Å²) in [4.78, 5) is 22.5. The molecule has 0 rings (SSSR count). The second kappa shape index (κ2) is 9.09. The van der Waals surface area contributed by atoms with Gasteiger partial charge in [0.05, 0.1) is 12.1 Å². The number of hydrogen-bond acceptors (Lipinski definition) is 5. The second-order valence-electron chi connectivity index (χ2n) is 4.04. The molecular formula is C11H23N3O3. The van der Waals surface area contributed by atoms with E-state index in [4.69, 9.17) is 5.73 Å². The molecule has 100 valence electrons. The molecule has 0 aliphatic rings. The minimum absolute atomic E-state index is 0.368. The summed E-state index contributed by atoms with van der Waals surface area (Å²) in [6, 6.07) is -1.21. The van der Waals surface area contributed by atoms with Gasteiger partial charge in [0, 0.05) is 0 Å². The van der Waals surface area contributed by atoms with Crippen LogP contribution in [0.3, 0.4) is 0 Å². The number of rotatable bonds is 9. The highest BCUT2D eigenvalue weighted by Crippen LogP contribution is 2.00. The summed E-state index contributed by atoms with van der Waals surface area (Å²) in [5, 5.41) is 14.6. The molecule has 3 atom stereocenters. The molecule has 6 heteroatoms. The molecule has 5 N–H and O–H groups in total. The fraction of sp³-hybridized carbons (Fsp3) is 0.818. The zero-order valence-corrected chi connectivity index (χ0v) is 10.5. The van der Waals surface area contributed by atoms with Gasteiger partial charge < -0.3 is 26.3 Å². The largest absolute Gasteiger partial charge is 0.391 e. The van der Waals surface area contributed by atoms with Crippen LogP contribution in [0.1, 0.15) is 26.2 Å². The van der Waals surface area contributed by atoms with E-state index in [9.17, 15) is 14.7 Å². The molecule has 0 saturated carbocycles. The molecule has 0 unspecified atom stereocenters. The maximum Gasteiger partial charge on any atom is 0.240 e. The first-order valence-electron chi connectivity index (χ1n) is 5.87. The van der Waals surface area contributed by atoms with Gasteiger partial charge in [-0.1, -0.05) is 0 Å². The Balaban J connectivity index is 4.16. The van der Waals surface area contributed by atoms with Crippen molar-refractivity contribution in [2.45, 2.75) is 44.4 Å². The third-order valence-electron chi connectivity index (χ3n) is 2.54. The topological polar surface area (TPSA) is 104 Å². The molecule has 0 aromatic rings. The van der Waals surface area contributed by atoms with E-state index in [1.54, 1.807) is 7.05 Å². The van der Waals surface area contributed by atoms with Gasteiger partial charge in [0.25, 0.3) is 0 Å². The molecule has 0 aromatic carbocycles. The van der Waals surface area contributed by atoms with Crippen LogP contribution in [-0.4, -0.2) is 49.1 Å². The van der Waals surface area contributed by atoms with Crippen molar-refractivity contribution in [3.05, 3.63) is 0 Å². The molecular weight excluding hydrogens is 222 g/mol. The van der Waals surface area contributed by atoms with Crippen LogP contribution in [0.25, 0.3) is 0 Å². The third kappa shape index (κ3) is 6.35. The zero-order chi connectivity index (χ0) is 13.3. The van der Waals surface area contributed by atoms with Crippen molar-refractivity contribution in [1.29, 1.82) is 0 Å². The molecule has 0 heterocycles. The molecule has 17 heavy (non-hydrogen) atoms. The highest BCUT2D eigenvalue weighted by atomic mass is 16.3. The maximum absolute atomic E-state index is 11.7. The van der Waals surface area contributed by atoms with Gasteiger partial charge in [-0.15, -0.1) is 0 Å². The highest BCUT2D eigenvalue weighted by Gasteiger charge is 2.23. The van der Waals surface area contributed by atoms with Gasteiger partial charge in [0.1, 0.15) is 12.3 Å². The van der Waals surface area contributed by atoms with E-state index >= 15 is 0 Å². The van der Waals surface area contributed by atoms with Crippen LogP contribution < -0.4 is 16.4 Å². The van der Waals surface area contributed by atoms with Crippen LogP contribution in [-0.2, 0) is 9.59 Å². The quantitative estimate of drug-likeness (QED) is 0.301. The van der Waals surface area contributed by atoms with Crippen molar-refractivity contribution in [1.82, 2.24) is 10.6 Å². The van der Waals surface area contributed by atoms with E-state index < -0.39 is 18.2 Å². The Bertz CT molecular complexity index is 234. The summed E-state index contributed by atoms with van der Waals surface area (Å²) >= 11 is 0. The molecule has 0 aromatic heterocycles. The molecule has 0 saturated heterocycles. The van der Waals surface area contributed by atoms with Crippen LogP contribution in [0.15, 0.2) is 0 Å². The monoisotopic (exact) mass is 245 g/mol. The van der Waals surface area contributed by atoms with E-state index in [0.29, 0.717) is 19.3 Å². The van der Waals surface area contributed by atoms with Crippen molar-refractivity contribution < 1.29 is 14.7 Å². The molecule has 0 bridgehead atoms. The minimum atomic E-state index is -0.809. The number of aliphatic hydroxyl groups is 1. The number of nitrogens with two attached hydrogens (primary N) is 1. The SMILES string of the molecule is CN[C@H](C(=O)N[C@H](C=O)CCCCN)[C@@H](C)O. The fourth-order valence-electron chi connectivity index (χ4n) is 1.55. The predicted molar refractivity (Wildman–Crippen MR) is 65.4 cm³/mol. The summed E-state index contributed by atoms with van der Waals surface area (Å²) in [5.41, 5.74) is 5.35. The smallest absolute Gasteiger partial charge is 0.240 e. The lowest BCUT2D eigenvalue weighted by atomic mass is 10.1. The minimum Gasteiger partial charge on any atom is -0.391 e. The molecule has 6 nitrogen and oxygen atoms in total. The molecule has 1 amide bonds. The number of aldehydes is 1. The van der Waals surface area contributed by atoms with Crippen molar-refractivity contribution in [3.8, 4) is 0 Å². The predicted octanol–water partition coefficient (Wildman–Crippen LogP) is -1.23. The lowest BCUT2D eigenvalue weighted by molar-refractivity contribution is -0.127. The number of carbonyl (C=O) groups excluding carboxylic acids is 2. The number of aliphatic hydroxyl groups excluding tert-OH is 1. The summed E-state index contributed by atoms with van der Waals surface area (Å²) < 4.78 is 0. The number of carbonyl (C=O) groups is 2. The lowest BCUT2D eigenvalue weighted by Crippen LogP contribution is -2.52.